The van der Waals surface area contributed by atoms with Gasteiger partial charge in [0.2, 0.25) is 5.91 Å². The number of carbonyl (C=O) groups is 2. The maximum Gasteiger partial charge on any atom is 0.264 e. The van der Waals surface area contributed by atoms with E-state index in [1.807, 2.05) is 46.7 Å². The summed E-state index contributed by atoms with van der Waals surface area (Å²) in [5, 5.41) is 4.81. The molecule has 1 aromatic carbocycles. The van der Waals surface area contributed by atoms with Crippen LogP contribution >= 0.6 is 27.3 Å². The molecule has 1 aromatic heterocycles. The number of piperazine rings is 1. The molecule has 2 amide bonds. The van der Waals surface area contributed by atoms with Crippen LogP contribution in [0.4, 0.5) is 5.69 Å². The molecule has 0 atom stereocenters. The molecule has 7 heteroatoms. The van der Waals surface area contributed by atoms with Gasteiger partial charge in [0.1, 0.15) is 0 Å². The summed E-state index contributed by atoms with van der Waals surface area (Å²) < 4.78 is 0.979. The molecule has 3 rings (SSSR count). The summed E-state index contributed by atoms with van der Waals surface area (Å²) in [6.45, 7) is 3.08. The van der Waals surface area contributed by atoms with Gasteiger partial charge < -0.3 is 10.2 Å². The zero-order valence-corrected chi connectivity index (χ0v) is 15.5. The standard InChI is InChI=1S/C17H18BrN3O2S/c18-13-3-5-14(6-4-13)19-16(22)12-20-7-9-21(10-8-20)17(23)15-2-1-11-24-15/h1-6,11H,7-10,12H2,(H,19,22). The summed E-state index contributed by atoms with van der Waals surface area (Å²) in [7, 11) is 0. The molecule has 0 bridgehead atoms. The van der Waals surface area contributed by atoms with E-state index in [-0.39, 0.29) is 11.8 Å². The fourth-order valence-electron chi connectivity index (χ4n) is 2.60. The van der Waals surface area contributed by atoms with Gasteiger partial charge in [0.15, 0.2) is 0 Å². The summed E-state index contributed by atoms with van der Waals surface area (Å²) >= 11 is 4.84. The van der Waals surface area contributed by atoms with Crippen molar-refractivity contribution in [1.82, 2.24) is 9.80 Å². The predicted molar refractivity (Wildman–Crippen MR) is 99.4 cm³/mol. The minimum atomic E-state index is -0.0321. The lowest BCUT2D eigenvalue weighted by Crippen LogP contribution is -2.50. The molecule has 5 nitrogen and oxygen atoms in total. The largest absolute Gasteiger partial charge is 0.335 e. The van der Waals surface area contributed by atoms with Gasteiger partial charge in [0.25, 0.3) is 5.91 Å². The number of anilines is 1. The minimum Gasteiger partial charge on any atom is -0.335 e. The van der Waals surface area contributed by atoms with Gasteiger partial charge in [0.05, 0.1) is 11.4 Å². The van der Waals surface area contributed by atoms with Crippen LogP contribution in [0.1, 0.15) is 9.67 Å². The quantitative estimate of drug-likeness (QED) is 0.847. The molecular formula is C17H18BrN3O2S. The highest BCUT2D eigenvalue weighted by molar-refractivity contribution is 9.10. The summed E-state index contributed by atoms with van der Waals surface area (Å²) in [4.78, 5) is 29.1. The summed E-state index contributed by atoms with van der Waals surface area (Å²) in [6.07, 6.45) is 0. The predicted octanol–water partition coefficient (Wildman–Crippen LogP) is 2.91. The van der Waals surface area contributed by atoms with Crippen LogP contribution in [0.15, 0.2) is 46.3 Å². The van der Waals surface area contributed by atoms with Crippen molar-refractivity contribution < 1.29 is 9.59 Å². The second-order valence-electron chi connectivity index (χ2n) is 5.60. The van der Waals surface area contributed by atoms with Gasteiger partial charge in [-0.05, 0) is 35.7 Å². The van der Waals surface area contributed by atoms with Crippen molar-refractivity contribution in [3.8, 4) is 0 Å². The molecule has 1 N–H and O–H groups in total. The summed E-state index contributed by atoms with van der Waals surface area (Å²) in [6, 6.07) is 11.3. The van der Waals surface area contributed by atoms with Crippen LogP contribution in [0.3, 0.4) is 0 Å². The van der Waals surface area contributed by atoms with Crippen LogP contribution in [-0.2, 0) is 4.79 Å². The Bertz CT molecular complexity index is 695. The molecule has 0 saturated carbocycles. The van der Waals surface area contributed by atoms with Gasteiger partial charge in [-0.3, -0.25) is 14.5 Å². The Labute approximate surface area is 153 Å². The number of amides is 2. The zero-order chi connectivity index (χ0) is 16.9. The number of rotatable bonds is 4. The lowest BCUT2D eigenvalue weighted by molar-refractivity contribution is -0.117. The third-order valence-corrected chi connectivity index (χ3v) is 5.27. The van der Waals surface area contributed by atoms with Crippen molar-refractivity contribution in [3.63, 3.8) is 0 Å². The Morgan fingerprint density at radius 2 is 1.79 bits per heavy atom. The first-order valence-electron chi connectivity index (χ1n) is 7.72. The Hall–Kier alpha value is -1.70. The van der Waals surface area contributed by atoms with E-state index in [1.165, 1.54) is 11.3 Å². The number of hydrogen-bond donors (Lipinski definition) is 1. The fraction of sp³-hybridized carbons (Fsp3) is 0.294. The van der Waals surface area contributed by atoms with Gasteiger partial charge in [-0.1, -0.05) is 22.0 Å². The van der Waals surface area contributed by atoms with Crippen molar-refractivity contribution >= 4 is 44.8 Å². The van der Waals surface area contributed by atoms with E-state index in [2.05, 4.69) is 26.1 Å². The normalized spacial score (nSPS) is 15.3. The van der Waals surface area contributed by atoms with Crippen molar-refractivity contribution in [2.45, 2.75) is 0 Å². The second-order valence-corrected chi connectivity index (χ2v) is 7.46. The van der Waals surface area contributed by atoms with Gasteiger partial charge >= 0.3 is 0 Å². The first-order valence-corrected chi connectivity index (χ1v) is 9.39. The molecule has 0 aliphatic carbocycles. The van der Waals surface area contributed by atoms with Crippen molar-refractivity contribution in [2.75, 3.05) is 38.0 Å². The number of thiophene rings is 1. The van der Waals surface area contributed by atoms with Crippen molar-refractivity contribution in [1.29, 1.82) is 0 Å². The second kappa shape index (κ2) is 7.92. The van der Waals surface area contributed by atoms with Gasteiger partial charge in [-0.15, -0.1) is 11.3 Å². The van der Waals surface area contributed by atoms with Crippen LogP contribution in [0.2, 0.25) is 0 Å². The third-order valence-electron chi connectivity index (χ3n) is 3.89. The van der Waals surface area contributed by atoms with Gasteiger partial charge in [0, 0.05) is 36.3 Å². The van der Waals surface area contributed by atoms with E-state index in [4.69, 9.17) is 0 Å². The summed E-state index contributed by atoms with van der Waals surface area (Å²) in [5.74, 6) is 0.0549. The minimum absolute atomic E-state index is 0.0321. The van der Waals surface area contributed by atoms with E-state index < -0.39 is 0 Å². The Balaban J connectivity index is 1.46. The van der Waals surface area contributed by atoms with Crippen molar-refractivity contribution in [3.05, 3.63) is 51.1 Å². The monoisotopic (exact) mass is 407 g/mol. The van der Waals surface area contributed by atoms with E-state index in [9.17, 15) is 9.59 Å². The lowest BCUT2D eigenvalue weighted by atomic mass is 10.2. The van der Waals surface area contributed by atoms with Crippen LogP contribution < -0.4 is 5.32 Å². The Morgan fingerprint density at radius 3 is 2.42 bits per heavy atom. The maximum absolute atomic E-state index is 12.3. The molecule has 0 unspecified atom stereocenters. The topological polar surface area (TPSA) is 52.7 Å². The highest BCUT2D eigenvalue weighted by atomic mass is 79.9. The molecule has 2 heterocycles. The van der Waals surface area contributed by atoms with E-state index >= 15 is 0 Å². The maximum atomic E-state index is 12.3. The molecule has 0 radical (unpaired) electrons. The molecule has 24 heavy (non-hydrogen) atoms. The van der Waals surface area contributed by atoms with Crippen LogP contribution in [0.25, 0.3) is 0 Å². The van der Waals surface area contributed by atoms with E-state index in [1.54, 1.807) is 0 Å². The molecule has 1 aliphatic rings. The number of nitrogens with zero attached hydrogens (tertiary/aromatic N) is 2. The lowest BCUT2D eigenvalue weighted by Gasteiger charge is -2.34. The number of nitrogens with one attached hydrogen (secondary N) is 1. The third kappa shape index (κ3) is 4.43. The number of benzene rings is 1. The molecule has 0 spiro atoms. The molecule has 1 fully saturated rings. The average molecular weight is 408 g/mol. The highest BCUT2D eigenvalue weighted by Gasteiger charge is 2.23. The summed E-state index contributed by atoms with van der Waals surface area (Å²) in [5.41, 5.74) is 0.787. The zero-order valence-electron chi connectivity index (χ0n) is 13.1. The van der Waals surface area contributed by atoms with E-state index in [0.717, 1.165) is 15.0 Å². The number of hydrogen-bond acceptors (Lipinski definition) is 4. The van der Waals surface area contributed by atoms with Crippen LogP contribution in [-0.4, -0.2) is 54.3 Å². The average Bonchev–Trinajstić information content (AvgIpc) is 3.11. The Kier molecular flexibility index (Phi) is 5.65. The van der Waals surface area contributed by atoms with Gasteiger partial charge in [-0.25, -0.2) is 0 Å². The molecule has 126 valence electrons. The van der Waals surface area contributed by atoms with Crippen LogP contribution in [0, 0.1) is 0 Å². The first kappa shape index (κ1) is 17.1. The van der Waals surface area contributed by atoms with Gasteiger partial charge in [-0.2, -0.15) is 0 Å². The SMILES string of the molecule is O=C(CN1CCN(C(=O)c2cccs2)CC1)Nc1ccc(Br)cc1. The first-order chi connectivity index (χ1) is 11.6. The molecule has 2 aromatic rings. The molecular weight excluding hydrogens is 390 g/mol. The fourth-order valence-corrected chi connectivity index (χ4v) is 3.56. The Morgan fingerprint density at radius 1 is 1.08 bits per heavy atom. The smallest absolute Gasteiger partial charge is 0.264 e. The number of carbonyl (C=O) groups excluding carboxylic acids is 2. The highest BCUT2D eigenvalue weighted by Crippen LogP contribution is 2.15. The molecule has 1 aliphatic heterocycles. The molecule has 1 saturated heterocycles. The van der Waals surface area contributed by atoms with E-state index in [0.29, 0.717) is 32.7 Å². The van der Waals surface area contributed by atoms with Crippen molar-refractivity contribution in [2.24, 2.45) is 0 Å². The number of halogens is 1. The van der Waals surface area contributed by atoms with Crippen LogP contribution in [0.5, 0.6) is 0 Å².